The molecule has 2 rings (SSSR count). The predicted octanol–water partition coefficient (Wildman–Crippen LogP) is 3.83. The molecule has 0 aliphatic heterocycles. The number of carbonyl (C=O) groups excluding carboxylic acids is 1. The Bertz CT molecular complexity index is 557. The molecular formula is C13H10INOS. The third kappa shape index (κ3) is 3.01. The summed E-state index contributed by atoms with van der Waals surface area (Å²) in [6.07, 6.45) is 0. The van der Waals surface area contributed by atoms with Gasteiger partial charge >= 0.3 is 0 Å². The van der Waals surface area contributed by atoms with E-state index in [4.69, 9.17) is 0 Å². The molecule has 2 aromatic carbocycles. The number of para-hydroxylation sites is 1. The summed E-state index contributed by atoms with van der Waals surface area (Å²) in [5.74, 6) is -0.114. The Morgan fingerprint density at radius 3 is 2.41 bits per heavy atom. The summed E-state index contributed by atoms with van der Waals surface area (Å²) in [6, 6.07) is 14.9. The number of thiol groups is 1. The van der Waals surface area contributed by atoms with Crippen molar-refractivity contribution in [1.82, 2.24) is 0 Å². The van der Waals surface area contributed by atoms with Gasteiger partial charge in [-0.05, 0) is 46.9 Å². The van der Waals surface area contributed by atoms with Crippen LogP contribution in [0.3, 0.4) is 0 Å². The van der Waals surface area contributed by atoms with Gasteiger partial charge < -0.3 is 5.32 Å². The monoisotopic (exact) mass is 355 g/mol. The fraction of sp³-hybridized carbons (Fsp3) is 0. The first-order valence-electron chi connectivity index (χ1n) is 5.02. The predicted molar refractivity (Wildman–Crippen MR) is 80.8 cm³/mol. The number of halogens is 1. The van der Waals surface area contributed by atoms with E-state index in [1.54, 1.807) is 6.07 Å². The van der Waals surface area contributed by atoms with Crippen LogP contribution in [0.4, 0.5) is 5.69 Å². The molecule has 1 amide bonds. The van der Waals surface area contributed by atoms with Crippen molar-refractivity contribution in [1.29, 1.82) is 0 Å². The van der Waals surface area contributed by atoms with Crippen molar-refractivity contribution in [2.24, 2.45) is 0 Å². The molecule has 0 radical (unpaired) electrons. The molecule has 0 aliphatic rings. The second-order valence-corrected chi connectivity index (χ2v) is 5.10. The van der Waals surface area contributed by atoms with Gasteiger partial charge in [0.25, 0.3) is 5.91 Å². The molecule has 0 aromatic heterocycles. The Morgan fingerprint density at radius 2 is 1.71 bits per heavy atom. The van der Waals surface area contributed by atoms with E-state index in [2.05, 4.69) is 40.5 Å². The first-order valence-corrected chi connectivity index (χ1v) is 6.55. The highest BCUT2D eigenvalue weighted by Gasteiger charge is 2.10. The van der Waals surface area contributed by atoms with E-state index in [9.17, 15) is 4.79 Å². The molecule has 0 atom stereocenters. The average molecular weight is 355 g/mol. The molecule has 0 unspecified atom stereocenters. The third-order valence-electron chi connectivity index (χ3n) is 2.27. The smallest absolute Gasteiger partial charge is 0.256 e. The summed E-state index contributed by atoms with van der Waals surface area (Å²) < 4.78 is 0.930. The van der Waals surface area contributed by atoms with Crippen molar-refractivity contribution in [2.45, 2.75) is 4.90 Å². The number of rotatable bonds is 2. The van der Waals surface area contributed by atoms with Gasteiger partial charge in [0.2, 0.25) is 0 Å². The summed E-state index contributed by atoms with van der Waals surface area (Å²) in [4.78, 5) is 12.8. The van der Waals surface area contributed by atoms with Gasteiger partial charge in [0.1, 0.15) is 0 Å². The third-order valence-corrected chi connectivity index (χ3v) is 3.60. The normalized spacial score (nSPS) is 10.0. The van der Waals surface area contributed by atoms with Gasteiger partial charge in [-0.15, -0.1) is 12.6 Å². The highest BCUT2D eigenvalue weighted by atomic mass is 127. The highest BCUT2D eigenvalue weighted by Crippen LogP contribution is 2.20. The summed E-state index contributed by atoms with van der Waals surface area (Å²) in [5, 5.41) is 2.85. The number of hydrogen-bond donors (Lipinski definition) is 2. The first-order chi connectivity index (χ1) is 8.18. The largest absolute Gasteiger partial charge is 0.321 e. The molecule has 0 heterocycles. The number of carbonyl (C=O) groups is 1. The fourth-order valence-electron chi connectivity index (χ4n) is 1.41. The first kappa shape index (κ1) is 12.4. The molecule has 0 aliphatic carbocycles. The van der Waals surface area contributed by atoms with Gasteiger partial charge in [0, 0.05) is 8.47 Å². The molecule has 17 heavy (non-hydrogen) atoms. The van der Waals surface area contributed by atoms with Crippen LogP contribution in [0.25, 0.3) is 0 Å². The number of amides is 1. The summed E-state index contributed by atoms with van der Waals surface area (Å²) in [7, 11) is 0. The molecule has 0 saturated heterocycles. The number of anilines is 1. The van der Waals surface area contributed by atoms with Gasteiger partial charge in [0.15, 0.2) is 0 Å². The Balaban J connectivity index is 2.24. The van der Waals surface area contributed by atoms with Crippen LogP contribution in [0, 0.1) is 3.57 Å². The molecule has 0 spiro atoms. The Morgan fingerprint density at radius 1 is 1.06 bits per heavy atom. The Kier molecular flexibility index (Phi) is 4.06. The molecule has 0 saturated carbocycles. The number of benzene rings is 2. The maximum absolute atomic E-state index is 12.0. The number of nitrogens with one attached hydrogen (secondary N) is 1. The lowest BCUT2D eigenvalue weighted by Gasteiger charge is -2.08. The van der Waals surface area contributed by atoms with Crippen molar-refractivity contribution >= 4 is 46.8 Å². The molecule has 0 bridgehead atoms. The minimum Gasteiger partial charge on any atom is -0.321 e. The standard InChI is InChI=1S/C13H10INOS/c14-10-6-2-1-5-9(10)13(16)15-11-7-3-4-8-12(11)17/h1-8,17H,(H,15,16). The Labute approximate surface area is 119 Å². The van der Waals surface area contributed by atoms with Crippen LogP contribution in [-0.4, -0.2) is 5.91 Å². The van der Waals surface area contributed by atoms with Crippen LogP contribution < -0.4 is 5.32 Å². The van der Waals surface area contributed by atoms with Gasteiger partial charge in [-0.3, -0.25) is 4.79 Å². The van der Waals surface area contributed by atoms with Crippen molar-refractivity contribution < 1.29 is 4.79 Å². The lowest BCUT2D eigenvalue weighted by Crippen LogP contribution is -2.13. The molecule has 2 nitrogen and oxygen atoms in total. The van der Waals surface area contributed by atoms with Crippen LogP contribution in [0.1, 0.15) is 10.4 Å². The second-order valence-electron chi connectivity index (χ2n) is 3.45. The second kappa shape index (κ2) is 5.55. The fourth-order valence-corrected chi connectivity index (χ4v) is 2.26. The minimum atomic E-state index is -0.114. The summed E-state index contributed by atoms with van der Waals surface area (Å²) >= 11 is 6.44. The van der Waals surface area contributed by atoms with E-state index >= 15 is 0 Å². The molecule has 0 fully saturated rings. The van der Waals surface area contributed by atoms with Crippen molar-refractivity contribution in [3.05, 3.63) is 57.7 Å². The van der Waals surface area contributed by atoms with Gasteiger partial charge in [-0.25, -0.2) is 0 Å². The summed E-state index contributed by atoms with van der Waals surface area (Å²) in [5.41, 5.74) is 1.39. The van der Waals surface area contributed by atoms with E-state index in [1.165, 1.54) is 0 Å². The molecule has 2 aromatic rings. The van der Waals surface area contributed by atoms with E-state index in [1.807, 2.05) is 42.5 Å². The van der Waals surface area contributed by atoms with Gasteiger partial charge in [-0.2, -0.15) is 0 Å². The zero-order chi connectivity index (χ0) is 12.3. The van der Waals surface area contributed by atoms with Crippen molar-refractivity contribution in [3.8, 4) is 0 Å². The van der Waals surface area contributed by atoms with Crippen LogP contribution in [0.5, 0.6) is 0 Å². The molecule has 4 heteroatoms. The number of hydrogen-bond acceptors (Lipinski definition) is 2. The molecule has 1 N–H and O–H groups in total. The zero-order valence-electron chi connectivity index (χ0n) is 8.85. The SMILES string of the molecule is O=C(Nc1ccccc1S)c1ccccc1I. The zero-order valence-corrected chi connectivity index (χ0v) is 11.9. The van der Waals surface area contributed by atoms with Crippen LogP contribution in [-0.2, 0) is 0 Å². The lowest BCUT2D eigenvalue weighted by atomic mass is 10.2. The van der Waals surface area contributed by atoms with E-state index in [-0.39, 0.29) is 5.91 Å². The van der Waals surface area contributed by atoms with E-state index in [0.717, 1.165) is 14.2 Å². The van der Waals surface area contributed by atoms with Crippen LogP contribution in [0.15, 0.2) is 53.4 Å². The summed E-state index contributed by atoms with van der Waals surface area (Å²) in [6.45, 7) is 0. The van der Waals surface area contributed by atoms with E-state index in [0.29, 0.717) is 5.56 Å². The van der Waals surface area contributed by atoms with Gasteiger partial charge in [-0.1, -0.05) is 24.3 Å². The van der Waals surface area contributed by atoms with E-state index < -0.39 is 0 Å². The highest BCUT2D eigenvalue weighted by molar-refractivity contribution is 14.1. The lowest BCUT2D eigenvalue weighted by molar-refractivity contribution is 0.102. The topological polar surface area (TPSA) is 29.1 Å². The quantitative estimate of drug-likeness (QED) is 0.622. The maximum atomic E-state index is 12.0. The van der Waals surface area contributed by atoms with Gasteiger partial charge in [0.05, 0.1) is 11.3 Å². The molecular weight excluding hydrogens is 345 g/mol. The van der Waals surface area contributed by atoms with Crippen LogP contribution >= 0.6 is 35.2 Å². The Hall–Kier alpha value is -1.01. The minimum absolute atomic E-state index is 0.114. The molecule has 86 valence electrons. The van der Waals surface area contributed by atoms with Crippen LogP contribution in [0.2, 0.25) is 0 Å². The maximum Gasteiger partial charge on any atom is 0.256 e. The average Bonchev–Trinajstić information content (AvgIpc) is 2.32. The van der Waals surface area contributed by atoms with Crippen molar-refractivity contribution in [3.63, 3.8) is 0 Å². The van der Waals surface area contributed by atoms with Crippen molar-refractivity contribution in [2.75, 3.05) is 5.32 Å².